The summed E-state index contributed by atoms with van der Waals surface area (Å²) >= 11 is 0. The third-order valence-corrected chi connectivity index (χ3v) is 3.45. The van der Waals surface area contributed by atoms with Crippen molar-refractivity contribution in [2.24, 2.45) is 17.6 Å². The molecular weight excluding hydrogens is 236 g/mol. The molecule has 1 amide bonds. The summed E-state index contributed by atoms with van der Waals surface area (Å²) in [5.41, 5.74) is 7.86. The second kappa shape index (κ2) is 7.29. The Hall–Kier alpha value is -1.35. The Bertz CT molecular complexity index is 415. The second-order valence-corrected chi connectivity index (χ2v) is 5.67. The summed E-state index contributed by atoms with van der Waals surface area (Å²) in [6, 6.07) is 7.94. The van der Waals surface area contributed by atoms with E-state index in [0.29, 0.717) is 18.9 Å². The standard InChI is InChI=1S/C16H26N2O/c1-12(2)9-14(11-17)10-16(19)18(4)15-8-6-5-7-13(15)3/h5-8,12,14H,9-11,17H2,1-4H3. The SMILES string of the molecule is Cc1ccccc1N(C)C(=O)CC(CN)CC(C)C. The molecule has 1 unspecified atom stereocenters. The van der Waals surface area contributed by atoms with Crippen molar-refractivity contribution < 1.29 is 4.79 Å². The van der Waals surface area contributed by atoms with Crippen molar-refractivity contribution >= 4 is 11.6 Å². The van der Waals surface area contributed by atoms with Gasteiger partial charge in [-0.15, -0.1) is 0 Å². The molecule has 0 aliphatic heterocycles. The van der Waals surface area contributed by atoms with E-state index < -0.39 is 0 Å². The van der Waals surface area contributed by atoms with Crippen LogP contribution in [0.1, 0.15) is 32.3 Å². The van der Waals surface area contributed by atoms with E-state index in [1.54, 1.807) is 4.90 Å². The van der Waals surface area contributed by atoms with Crippen LogP contribution in [-0.2, 0) is 4.79 Å². The van der Waals surface area contributed by atoms with Crippen LogP contribution in [0.25, 0.3) is 0 Å². The molecular formula is C16H26N2O. The highest BCUT2D eigenvalue weighted by Gasteiger charge is 2.18. The molecule has 2 N–H and O–H groups in total. The molecule has 0 spiro atoms. The molecule has 0 saturated carbocycles. The highest BCUT2D eigenvalue weighted by molar-refractivity contribution is 5.93. The lowest BCUT2D eigenvalue weighted by atomic mass is 9.93. The third-order valence-electron chi connectivity index (χ3n) is 3.45. The van der Waals surface area contributed by atoms with Crippen molar-refractivity contribution in [3.63, 3.8) is 0 Å². The van der Waals surface area contributed by atoms with Crippen molar-refractivity contribution in [3.05, 3.63) is 29.8 Å². The molecule has 0 bridgehead atoms. The van der Waals surface area contributed by atoms with Crippen molar-refractivity contribution in [2.45, 2.75) is 33.6 Å². The van der Waals surface area contributed by atoms with Gasteiger partial charge in [0.2, 0.25) is 5.91 Å². The lowest BCUT2D eigenvalue weighted by Gasteiger charge is -2.23. The highest BCUT2D eigenvalue weighted by atomic mass is 16.2. The molecule has 19 heavy (non-hydrogen) atoms. The smallest absolute Gasteiger partial charge is 0.227 e. The molecule has 1 rings (SSSR count). The van der Waals surface area contributed by atoms with E-state index in [4.69, 9.17) is 5.73 Å². The van der Waals surface area contributed by atoms with Gasteiger partial charge in [0.15, 0.2) is 0 Å². The van der Waals surface area contributed by atoms with Gasteiger partial charge in [-0.3, -0.25) is 4.79 Å². The average Bonchev–Trinajstić information content (AvgIpc) is 2.37. The van der Waals surface area contributed by atoms with Gasteiger partial charge in [-0.05, 0) is 43.4 Å². The van der Waals surface area contributed by atoms with Crippen LogP contribution in [0.4, 0.5) is 5.69 Å². The molecule has 0 aliphatic carbocycles. The minimum atomic E-state index is 0.144. The van der Waals surface area contributed by atoms with Crippen LogP contribution >= 0.6 is 0 Å². The van der Waals surface area contributed by atoms with Crippen LogP contribution in [0, 0.1) is 18.8 Å². The maximum absolute atomic E-state index is 12.3. The van der Waals surface area contributed by atoms with Gasteiger partial charge < -0.3 is 10.6 Å². The van der Waals surface area contributed by atoms with Crippen molar-refractivity contribution in [3.8, 4) is 0 Å². The molecule has 3 nitrogen and oxygen atoms in total. The number of aryl methyl sites for hydroxylation is 1. The first kappa shape index (κ1) is 15.7. The van der Waals surface area contributed by atoms with Gasteiger partial charge in [0.25, 0.3) is 0 Å². The second-order valence-electron chi connectivity index (χ2n) is 5.67. The van der Waals surface area contributed by atoms with Crippen LogP contribution in [0.15, 0.2) is 24.3 Å². The predicted octanol–water partition coefficient (Wildman–Crippen LogP) is 2.97. The zero-order chi connectivity index (χ0) is 14.4. The molecule has 0 heterocycles. The molecule has 0 saturated heterocycles. The normalized spacial score (nSPS) is 12.5. The van der Waals surface area contributed by atoms with Crippen LogP contribution in [-0.4, -0.2) is 19.5 Å². The maximum atomic E-state index is 12.3. The number of rotatable bonds is 6. The molecule has 1 atom stereocenters. The summed E-state index contributed by atoms with van der Waals surface area (Å²) in [4.78, 5) is 14.1. The minimum absolute atomic E-state index is 0.144. The number of hydrogen-bond acceptors (Lipinski definition) is 2. The molecule has 0 fully saturated rings. The topological polar surface area (TPSA) is 46.3 Å². The van der Waals surface area contributed by atoms with E-state index in [9.17, 15) is 4.79 Å². The van der Waals surface area contributed by atoms with Gasteiger partial charge in [-0.2, -0.15) is 0 Å². The summed E-state index contributed by atoms with van der Waals surface area (Å²) in [5, 5.41) is 0. The summed E-state index contributed by atoms with van der Waals surface area (Å²) in [6.45, 7) is 6.93. The van der Waals surface area contributed by atoms with Gasteiger partial charge in [0.05, 0.1) is 0 Å². The Labute approximate surface area is 116 Å². The molecule has 0 radical (unpaired) electrons. The predicted molar refractivity (Wildman–Crippen MR) is 81.2 cm³/mol. The summed E-state index contributed by atoms with van der Waals surface area (Å²) in [5.74, 6) is 0.995. The Morgan fingerprint density at radius 1 is 1.32 bits per heavy atom. The lowest BCUT2D eigenvalue weighted by Crippen LogP contribution is -2.31. The summed E-state index contributed by atoms with van der Waals surface area (Å²) in [7, 11) is 1.84. The summed E-state index contributed by atoms with van der Waals surface area (Å²) < 4.78 is 0. The van der Waals surface area contributed by atoms with E-state index in [1.165, 1.54) is 0 Å². The number of carbonyl (C=O) groups is 1. The zero-order valence-corrected chi connectivity index (χ0v) is 12.5. The molecule has 106 valence electrons. The molecule has 3 heteroatoms. The quantitative estimate of drug-likeness (QED) is 0.856. The Balaban J connectivity index is 2.69. The Morgan fingerprint density at radius 3 is 2.47 bits per heavy atom. The van der Waals surface area contributed by atoms with Gasteiger partial charge in [-0.1, -0.05) is 32.0 Å². The fourth-order valence-electron chi connectivity index (χ4n) is 2.39. The first-order chi connectivity index (χ1) is 8.95. The van der Waals surface area contributed by atoms with E-state index in [1.807, 2.05) is 38.2 Å². The Kier molecular flexibility index (Phi) is 6.03. The molecule has 0 aromatic heterocycles. The van der Waals surface area contributed by atoms with E-state index in [0.717, 1.165) is 17.7 Å². The van der Waals surface area contributed by atoms with Crippen LogP contribution in [0.5, 0.6) is 0 Å². The van der Waals surface area contributed by atoms with Gasteiger partial charge in [0.1, 0.15) is 0 Å². The van der Waals surface area contributed by atoms with Crippen LogP contribution < -0.4 is 10.6 Å². The van der Waals surface area contributed by atoms with Crippen molar-refractivity contribution in [1.29, 1.82) is 0 Å². The van der Waals surface area contributed by atoms with Gasteiger partial charge in [0, 0.05) is 19.2 Å². The monoisotopic (exact) mass is 262 g/mol. The van der Waals surface area contributed by atoms with E-state index in [-0.39, 0.29) is 11.8 Å². The molecule has 1 aromatic rings. The number of anilines is 1. The van der Waals surface area contributed by atoms with Crippen molar-refractivity contribution in [2.75, 3.05) is 18.5 Å². The fraction of sp³-hybridized carbons (Fsp3) is 0.562. The first-order valence-electron chi connectivity index (χ1n) is 6.98. The largest absolute Gasteiger partial charge is 0.330 e. The molecule has 0 aliphatic rings. The first-order valence-corrected chi connectivity index (χ1v) is 6.98. The number of hydrogen-bond donors (Lipinski definition) is 1. The number of nitrogens with two attached hydrogens (primary N) is 1. The lowest BCUT2D eigenvalue weighted by molar-refractivity contribution is -0.119. The fourth-order valence-corrected chi connectivity index (χ4v) is 2.39. The van der Waals surface area contributed by atoms with Crippen LogP contribution in [0.3, 0.4) is 0 Å². The number of carbonyl (C=O) groups excluding carboxylic acids is 1. The van der Waals surface area contributed by atoms with E-state index in [2.05, 4.69) is 13.8 Å². The van der Waals surface area contributed by atoms with Crippen LogP contribution in [0.2, 0.25) is 0 Å². The third kappa shape index (κ3) is 4.67. The highest BCUT2D eigenvalue weighted by Crippen LogP contribution is 2.21. The zero-order valence-electron chi connectivity index (χ0n) is 12.5. The van der Waals surface area contributed by atoms with Gasteiger partial charge >= 0.3 is 0 Å². The summed E-state index contributed by atoms with van der Waals surface area (Å²) in [6.07, 6.45) is 1.53. The minimum Gasteiger partial charge on any atom is -0.330 e. The van der Waals surface area contributed by atoms with Crippen molar-refractivity contribution in [1.82, 2.24) is 0 Å². The average molecular weight is 262 g/mol. The number of nitrogens with zero attached hydrogens (tertiary/aromatic N) is 1. The maximum Gasteiger partial charge on any atom is 0.227 e. The van der Waals surface area contributed by atoms with Gasteiger partial charge in [-0.25, -0.2) is 0 Å². The number of para-hydroxylation sites is 1. The number of amides is 1. The Morgan fingerprint density at radius 2 is 1.95 bits per heavy atom. The number of benzene rings is 1. The van der Waals surface area contributed by atoms with E-state index >= 15 is 0 Å². The molecule has 1 aromatic carbocycles.